The molecule has 0 spiro atoms. The lowest BCUT2D eigenvalue weighted by Gasteiger charge is -2.26. The Kier molecular flexibility index (Phi) is 6.54. The molecule has 2 amide bonds. The molecule has 1 saturated heterocycles. The zero-order valence-corrected chi connectivity index (χ0v) is 17.7. The molecule has 0 unspecified atom stereocenters. The van der Waals surface area contributed by atoms with E-state index in [0.717, 1.165) is 47.8 Å². The fourth-order valence-electron chi connectivity index (χ4n) is 3.62. The Balaban J connectivity index is 1.32. The maximum Gasteiger partial charge on any atom is 0.253 e. The number of thiazole rings is 1. The summed E-state index contributed by atoms with van der Waals surface area (Å²) in [7, 11) is 0. The number of hydrogen-bond acceptors (Lipinski definition) is 4. The molecule has 0 aliphatic carbocycles. The molecule has 6 heteroatoms. The van der Waals surface area contributed by atoms with E-state index < -0.39 is 0 Å². The highest BCUT2D eigenvalue weighted by Crippen LogP contribution is 2.23. The van der Waals surface area contributed by atoms with Crippen LogP contribution in [-0.2, 0) is 17.8 Å². The Morgan fingerprint density at radius 3 is 2.60 bits per heavy atom. The third-order valence-corrected chi connectivity index (χ3v) is 6.16. The smallest absolute Gasteiger partial charge is 0.253 e. The van der Waals surface area contributed by atoms with Gasteiger partial charge in [-0.2, -0.15) is 0 Å². The van der Waals surface area contributed by atoms with Gasteiger partial charge in [0.2, 0.25) is 5.91 Å². The van der Waals surface area contributed by atoms with E-state index in [1.165, 1.54) is 6.42 Å². The lowest BCUT2D eigenvalue weighted by atomic mass is 10.1. The molecular formula is C24H25N3O2S. The van der Waals surface area contributed by atoms with Crippen LogP contribution in [0.3, 0.4) is 0 Å². The monoisotopic (exact) mass is 419 g/mol. The number of rotatable bonds is 6. The number of piperidine rings is 1. The quantitative estimate of drug-likeness (QED) is 0.648. The van der Waals surface area contributed by atoms with Gasteiger partial charge < -0.3 is 10.2 Å². The number of carbonyl (C=O) groups is 2. The van der Waals surface area contributed by atoms with Crippen LogP contribution in [0, 0.1) is 0 Å². The van der Waals surface area contributed by atoms with Crippen molar-refractivity contribution in [1.82, 2.24) is 15.2 Å². The molecule has 0 radical (unpaired) electrons. The Morgan fingerprint density at radius 1 is 1.00 bits per heavy atom. The van der Waals surface area contributed by atoms with Crippen molar-refractivity contribution in [2.75, 3.05) is 13.1 Å². The Bertz CT molecular complexity index is 1010. The van der Waals surface area contributed by atoms with Crippen molar-refractivity contribution in [3.8, 4) is 10.6 Å². The number of nitrogens with zero attached hydrogens (tertiary/aromatic N) is 2. The summed E-state index contributed by atoms with van der Waals surface area (Å²) in [5.41, 5.74) is 3.44. The zero-order valence-electron chi connectivity index (χ0n) is 16.8. The van der Waals surface area contributed by atoms with Gasteiger partial charge in [0.15, 0.2) is 0 Å². The number of amides is 2. The van der Waals surface area contributed by atoms with E-state index in [0.29, 0.717) is 12.1 Å². The third kappa shape index (κ3) is 5.13. The number of carbonyl (C=O) groups excluding carboxylic acids is 2. The van der Waals surface area contributed by atoms with Crippen LogP contribution in [0.15, 0.2) is 60.0 Å². The van der Waals surface area contributed by atoms with Crippen LogP contribution in [0.25, 0.3) is 10.6 Å². The van der Waals surface area contributed by atoms with Crippen molar-refractivity contribution in [3.05, 3.63) is 76.8 Å². The number of likely N-dealkylation sites (tertiary alicyclic amines) is 1. The van der Waals surface area contributed by atoms with Crippen molar-refractivity contribution in [1.29, 1.82) is 0 Å². The predicted molar refractivity (Wildman–Crippen MR) is 119 cm³/mol. The van der Waals surface area contributed by atoms with Crippen molar-refractivity contribution < 1.29 is 9.59 Å². The number of benzene rings is 2. The van der Waals surface area contributed by atoms with Gasteiger partial charge in [0, 0.05) is 36.1 Å². The van der Waals surface area contributed by atoms with Crippen molar-refractivity contribution in [3.63, 3.8) is 0 Å². The van der Waals surface area contributed by atoms with Gasteiger partial charge in [0.25, 0.3) is 5.91 Å². The van der Waals surface area contributed by atoms with E-state index in [1.54, 1.807) is 11.3 Å². The van der Waals surface area contributed by atoms with Gasteiger partial charge in [-0.25, -0.2) is 4.98 Å². The average Bonchev–Trinajstić information content (AvgIpc) is 3.27. The average molecular weight is 420 g/mol. The summed E-state index contributed by atoms with van der Waals surface area (Å²) in [6.45, 7) is 2.06. The molecule has 0 saturated carbocycles. The molecule has 2 heterocycles. The summed E-state index contributed by atoms with van der Waals surface area (Å²) in [4.78, 5) is 31.6. The highest BCUT2D eigenvalue weighted by atomic mass is 32.1. The molecular weight excluding hydrogens is 394 g/mol. The second-order valence-corrected chi connectivity index (χ2v) is 8.37. The van der Waals surface area contributed by atoms with Crippen LogP contribution >= 0.6 is 11.3 Å². The van der Waals surface area contributed by atoms with E-state index in [9.17, 15) is 9.59 Å². The van der Waals surface area contributed by atoms with Gasteiger partial charge in [-0.05, 0) is 37.0 Å². The summed E-state index contributed by atoms with van der Waals surface area (Å²) in [6, 6.07) is 17.5. The molecule has 1 fully saturated rings. The highest BCUT2D eigenvalue weighted by molar-refractivity contribution is 7.13. The third-order valence-electron chi connectivity index (χ3n) is 5.22. The van der Waals surface area contributed by atoms with E-state index in [2.05, 4.69) is 10.3 Å². The molecule has 30 heavy (non-hydrogen) atoms. The first-order valence-electron chi connectivity index (χ1n) is 10.3. The largest absolute Gasteiger partial charge is 0.352 e. The second kappa shape index (κ2) is 9.67. The second-order valence-electron chi connectivity index (χ2n) is 7.52. The SMILES string of the molecule is O=C(Cc1csc(-c2ccccc2)n1)NCc1cccc(C(=O)N2CCCCC2)c1. The lowest BCUT2D eigenvalue weighted by molar-refractivity contribution is -0.120. The Hall–Kier alpha value is -2.99. The van der Waals surface area contributed by atoms with Gasteiger partial charge in [0.1, 0.15) is 5.01 Å². The molecule has 1 aliphatic rings. The fourth-order valence-corrected chi connectivity index (χ4v) is 4.45. The maximum absolute atomic E-state index is 12.7. The van der Waals surface area contributed by atoms with Crippen molar-refractivity contribution >= 4 is 23.2 Å². The molecule has 4 rings (SSSR count). The minimum atomic E-state index is -0.0762. The van der Waals surface area contributed by atoms with Gasteiger partial charge in [-0.15, -0.1) is 11.3 Å². The Labute approximate surface area is 180 Å². The van der Waals surface area contributed by atoms with Gasteiger partial charge in [0.05, 0.1) is 12.1 Å². The lowest BCUT2D eigenvalue weighted by Crippen LogP contribution is -2.35. The highest BCUT2D eigenvalue weighted by Gasteiger charge is 2.18. The van der Waals surface area contributed by atoms with E-state index in [4.69, 9.17) is 0 Å². The van der Waals surface area contributed by atoms with Crippen LogP contribution in [0.5, 0.6) is 0 Å². The molecule has 0 bridgehead atoms. The van der Waals surface area contributed by atoms with Crippen LogP contribution in [0.4, 0.5) is 0 Å². The molecule has 1 aliphatic heterocycles. The van der Waals surface area contributed by atoms with Crippen LogP contribution in [0.1, 0.15) is 40.9 Å². The first-order chi connectivity index (χ1) is 14.7. The molecule has 1 aromatic heterocycles. The summed E-state index contributed by atoms with van der Waals surface area (Å²) < 4.78 is 0. The summed E-state index contributed by atoms with van der Waals surface area (Å²) in [6.07, 6.45) is 3.59. The molecule has 2 aromatic carbocycles. The maximum atomic E-state index is 12.7. The molecule has 0 atom stereocenters. The number of nitrogens with one attached hydrogen (secondary N) is 1. The van der Waals surface area contributed by atoms with E-state index in [-0.39, 0.29) is 18.2 Å². The summed E-state index contributed by atoms with van der Waals surface area (Å²) in [5.74, 6) is 0.00598. The molecule has 3 aromatic rings. The van der Waals surface area contributed by atoms with Crippen LogP contribution in [-0.4, -0.2) is 34.8 Å². The Morgan fingerprint density at radius 2 is 1.80 bits per heavy atom. The molecule has 1 N–H and O–H groups in total. The minimum absolute atomic E-state index is 0.0762. The van der Waals surface area contributed by atoms with Crippen molar-refractivity contribution in [2.24, 2.45) is 0 Å². The first-order valence-corrected chi connectivity index (χ1v) is 11.2. The normalized spacial score (nSPS) is 13.8. The standard InChI is InChI=1S/C24H25N3O2S/c28-22(15-21-17-30-23(26-21)19-9-3-1-4-10-19)25-16-18-8-7-11-20(14-18)24(29)27-12-5-2-6-13-27/h1,3-4,7-11,14,17H,2,5-6,12-13,15-16H2,(H,25,28). The van der Waals surface area contributed by atoms with E-state index in [1.807, 2.05) is 64.9 Å². The van der Waals surface area contributed by atoms with Gasteiger partial charge in [-0.3, -0.25) is 9.59 Å². The summed E-state index contributed by atoms with van der Waals surface area (Å²) >= 11 is 1.54. The molecule has 5 nitrogen and oxygen atoms in total. The number of hydrogen-bond donors (Lipinski definition) is 1. The first kappa shape index (κ1) is 20.3. The fraction of sp³-hybridized carbons (Fsp3) is 0.292. The van der Waals surface area contributed by atoms with Crippen molar-refractivity contribution in [2.45, 2.75) is 32.2 Å². The van der Waals surface area contributed by atoms with Gasteiger partial charge >= 0.3 is 0 Å². The van der Waals surface area contributed by atoms with Crippen LogP contribution in [0.2, 0.25) is 0 Å². The van der Waals surface area contributed by atoms with Crippen LogP contribution < -0.4 is 5.32 Å². The number of aromatic nitrogens is 1. The molecule has 154 valence electrons. The zero-order chi connectivity index (χ0) is 20.8. The predicted octanol–water partition coefficient (Wildman–Crippen LogP) is 4.30. The van der Waals surface area contributed by atoms with E-state index >= 15 is 0 Å². The van der Waals surface area contributed by atoms with Gasteiger partial charge in [-0.1, -0.05) is 42.5 Å². The topological polar surface area (TPSA) is 62.3 Å². The minimum Gasteiger partial charge on any atom is -0.352 e. The summed E-state index contributed by atoms with van der Waals surface area (Å²) in [5, 5.41) is 5.79.